The van der Waals surface area contributed by atoms with Gasteiger partial charge in [0.25, 0.3) is 0 Å². The third-order valence-electron chi connectivity index (χ3n) is 5.01. The molecular formula is C18H36ClN3O2. The van der Waals surface area contributed by atoms with Crippen LogP contribution in [0.5, 0.6) is 0 Å². The Labute approximate surface area is 153 Å². The first-order chi connectivity index (χ1) is 11.3. The van der Waals surface area contributed by atoms with Gasteiger partial charge in [0.2, 0.25) is 0 Å². The second-order valence-electron chi connectivity index (χ2n) is 6.93. The van der Waals surface area contributed by atoms with Crippen molar-refractivity contribution in [1.29, 1.82) is 0 Å². The highest BCUT2D eigenvalue weighted by atomic mass is 35.5. The maximum atomic E-state index is 12.2. The molecule has 1 aliphatic heterocycles. The van der Waals surface area contributed by atoms with Crippen LogP contribution in [-0.4, -0.2) is 67.8 Å². The molecular weight excluding hydrogens is 326 g/mol. The Kier molecular flexibility index (Phi) is 11.5. The number of carbonyl (C=O) groups is 1. The van der Waals surface area contributed by atoms with E-state index in [-0.39, 0.29) is 24.6 Å². The topological polar surface area (TPSA) is 44.8 Å². The number of carbonyl (C=O) groups excluding carboxylic acids is 1. The zero-order chi connectivity index (χ0) is 16.3. The molecule has 0 spiro atoms. The molecule has 0 radical (unpaired) electrons. The second-order valence-corrected chi connectivity index (χ2v) is 6.93. The number of ether oxygens (including phenoxy) is 1. The van der Waals surface area contributed by atoms with Gasteiger partial charge < -0.3 is 15.0 Å². The van der Waals surface area contributed by atoms with Gasteiger partial charge in [-0.3, -0.25) is 4.90 Å². The molecule has 0 bridgehead atoms. The normalized spacial score (nSPS) is 19.8. The lowest BCUT2D eigenvalue weighted by molar-refractivity contribution is 0.0330. The van der Waals surface area contributed by atoms with Crippen molar-refractivity contribution in [3.63, 3.8) is 0 Å². The van der Waals surface area contributed by atoms with Crippen molar-refractivity contribution in [1.82, 2.24) is 15.1 Å². The van der Waals surface area contributed by atoms with Crippen LogP contribution in [0.4, 0.5) is 4.79 Å². The van der Waals surface area contributed by atoms with E-state index in [1.807, 2.05) is 4.90 Å². The van der Waals surface area contributed by atoms with Gasteiger partial charge in [-0.1, -0.05) is 26.2 Å². The molecule has 1 N–H and O–H groups in total. The Morgan fingerprint density at radius 1 is 1.04 bits per heavy atom. The number of nitrogens with zero attached hydrogens (tertiary/aromatic N) is 2. The van der Waals surface area contributed by atoms with Gasteiger partial charge in [0.1, 0.15) is 6.10 Å². The van der Waals surface area contributed by atoms with Crippen molar-refractivity contribution < 1.29 is 9.53 Å². The summed E-state index contributed by atoms with van der Waals surface area (Å²) in [6, 6.07) is 0. The number of unbranched alkanes of at least 4 members (excludes halogenated alkanes) is 2. The van der Waals surface area contributed by atoms with Crippen LogP contribution in [0.1, 0.15) is 58.3 Å². The average Bonchev–Trinajstić information content (AvgIpc) is 2.59. The highest BCUT2D eigenvalue weighted by Gasteiger charge is 2.25. The van der Waals surface area contributed by atoms with E-state index in [0.29, 0.717) is 0 Å². The fourth-order valence-electron chi connectivity index (χ4n) is 3.42. The van der Waals surface area contributed by atoms with Crippen LogP contribution in [0.15, 0.2) is 0 Å². The zero-order valence-electron chi connectivity index (χ0n) is 15.3. The number of hydrogen-bond donors (Lipinski definition) is 1. The fourth-order valence-corrected chi connectivity index (χ4v) is 3.42. The minimum absolute atomic E-state index is 0. The second kappa shape index (κ2) is 12.8. The van der Waals surface area contributed by atoms with E-state index in [0.717, 1.165) is 58.7 Å². The molecule has 2 rings (SSSR count). The number of hydrogen-bond acceptors (Lipinski definition) is 4. The van der Waals surface area contributed by atoms with E-state index in [4.69, 9.17) is 4.74 Å². The fraction of sp³-hybridized carbons (Fsp3) is 0.944. The van der Waals surface area contributed by atoms with Gasteiger partial charge in [-0.2, -0.15) is 0 Å². The Morgan fingerprint density at radius 2 is 1.75 bits per heavy atom. The van der Waals surface area contributed by atoms with E-state index < -0.39 is 0 Å². The molecule has 2 aliphatic rings. The van der Waals surface area contributed by atoms with E-state index in [1.54, 1.807) is 0 Å². The monoisotopic (exact) mass is 361 g/mol. The largest absolute Gasteiger partial charge is 0.446 e. The molecule has 0 aromatic carbocycles. The molecule has 0 aromatic heterocycles. The summed E-state index contributed by atoms with van der Waals surface area (Å²) in [6.45, 7) is 9.05. The van der Waals surface area contributed by atoms with Crippen molar-refractivity contribution in [2.45, 2.75) is 64.4 Å². The molecule has 0 atom stereocenters. The molecule has 0 aromatic rings. The number of nitrogens with one attached hydrogen (secondary N) is 1. The third kappa shape index (κ3) is 8.04. The number of piperazine rings is 1. The molecule has 0 unspecified atom stereocenters. The van der Waals surface area contributed by atoms with Gasteiger partial charge in [-0.25, -0.2) is 4.79 Å². The highest BCUT2D eigenvalue weighted by Crippen LogP contribution is 2.21. The molecule has 1 saturated heterocycles. The third-order valence-corrected chi connectivity index (χ3v) is 5.01. The minimum Gasteiger partial charge on any atom is -0.446 e. The van der Waals surface area contributed by atoms with Crippen LogP contribution in [0.3, 0.4) is 0 Å². The van der Waals surface area contributed by atoms with Gasteiger partial charge in [-0.05, 0) is 38.6 Å². The predicted molar refractivity (Wildman–Crippen MR) is 101 cm³/mol. The maximum absolute atomic E-state index is 12.2. The quantitative estimate of drug-likeness (QED) is 0.674. The predicted octanol–water partition coefficient (Wildman–Crippen LogP) is 3.27. The summed E-state index contributed by atoms with van der Waals surface area (Å²) in [7, 11) is 0. The lowest BCUT2D eigenvalue weighted by atomic mass is 9.98. The first kappa shape index (κ1) is 21.5. The van der Waals surface area contributed by atoms with E-state index in [1.165, 1.54) is 38.5 Å². The molecule has 1 heterocycles. The number of amides is 1. The summed E-state index contributed by atoms with van der Waals surface area (Å²) in [6.07, 6.45) is 9.75. The Morgan fingerprint density at radius 3 is 2.42 bits per heavy atom. The number of halogens is 1. The first-order valence-corrected chi connectivity index (χ1v) is 9.68. The Balaban J connectivity index is 0.00000288. The Bertz CT molecular complexity index is 330. The summed E-state index contributed by atoms with van der Waals surface area (Å²) < 4.78 is 5.66. The van der Waals surface area contributed by atoms with Gasteiger partial charge in [0.15, 0.2) is 0 Å². The van der Waals surface area contributed by atoms with E-state index in [9.17, 15) is 4.79 Å². The molecule has 6 heteroatoms. The Hall–Kier alpha value is -0.520. The lowest BCUT2D eigenvalue weighted by Gasteiger charge is -2.35. The van der Waals surface area contributed by atoms with Crippen LogP contribution in [0.25, 0.3) is 0 Å². The van der Waals surface area contributed by atoms with Gasteiger partial charge in [0, 0.05) is 39.3 Å². The zero-order valence-corrected chi connectivity index (χ0v) is 16.1. The summed E-state index contributed by atoms with van der Waals surface area (Å²) in [5.41, 5.74) is 0. The van der Waals surface area contributed by atoms with Gasteiger partial charge in [0.05, 0.1) is 0 Å². The SMILES string of the molecule is CCCCCNCCN1CCN(C(=O)OC2CCCCC2)CC1.Cl. The molecule has 142 valence electrons. The smallest absolute Gasteiger partial charge is 0.410 e. The summed E-state index contributed by atoms with van der Waals surface area (Å²) in [5, 5.41) is 3.51. The van der Waals surface area contributed by atoms with Crippen molar-refractivity contribution in [2.75, 3.05) is 45.8 Å². The molecule has 2 fully saturated rings. The van der Waals surface area contributed by atoms with Crippen molar-refractivity contribution in [3.8, 4) is 0 Å². The van der Waals surface area contributed by atoms with E-state index in [2.05, 4.69) is 17.1 Å². The van der Waals surface area contributed by atoms with Crippen molar-refractivity contribution in [2.24, 2.45) is 0 Å². The van der Waals surface area contributed by atoms with Gasteiger partial charge >= 0.3 is 6.09 Å². The lowest BCUT2D eigenvalue weighted by Crippen LogP contribution is -2.50. The molecule has 1 saturated carbocycles. The maximum Gasteiger partial charge on any atom is 0.410 e. The van der Waals surface area contributed by atoms with Crippen molar-refractivity contribution >= 4 is 18.5 Å². The molecule has 5 nitrogen and oxygen atoms in total. The van der Waals surface area contributed by atoms with Crippen molar-refractivity contribution in [3.05, 3.63) is 0 Å². The summed E-state index contributed by atoms with van der Waals surface area (Å²) >= 11 is 0. The van der Waals surface area contributed by atoms with Crippen LogP contribution in [-0.2, 0) is 4.74 Å². The molecule has 1 aliphatic carbocycles. The van der Waals surface area contributed by atoms with E-state index >= 15 is 0 Å². The van der Waals surface area contributed by atoms with Gasteiger partial charge in [-0.15, -0.1) is 12.4 Å². The summed E-state index contributed by atoms with van der Waals surface area (Å²) in [4.78, 5) is 16.5. The molecule has 24 heavy (non-hydrogen) atoms. The first-order valence-electron chi connectivity index (χ1n) is 9.68. The van der Waals surface area contributed by atoms with Crippen LogP contribution >= 0.6 is 12.4 Å². The molecule has 1 amide bonds. The van der Waals surface area contributed by atoms with Crippen LogP contribution in [0, 0.1) is 0 Å². The number of rotatable bonds is 8. The van der Waals surface area contributed by atoms with Crippen LogP contribution < -0.4 is 5.32 Å². The van der Waals surface area contributed by atoms with Crippen LogP contribution in [0.2, 0.25) is 0 Å². The average molecular weight is 362 g/mol. The summed E-state index contributed by atoms with van der Waals surface area (Å²) in [5.74, 6) is 0. The standard InChI is InChI=1S/C18H35N3O2.ClH/c1-2-3-7-10-19-11-12-20-13-15-21(16-14-20)18(22)23-17-8-5-4-6-9-17;/h17,19H,2-16H2,1H3;1H. The highest BCUT2D eigenvalue weighted by molar-refractivity contribution is 5.85. The minimum atomic E-state index is -0.0887.